The zero-order valence-corrected chi connectivity index (χ0v) is 12.9. The molecule has 1 aromatic carbocycles. The Labute approximate surface area is 124 Å². The molecule has 3 rings (SSSR count). The van der Waals surface area contributed by atoms with Crippen LogP contribution in [-0.4, -0.2) is 41.5 Å². The molecule has 2 heterocycles. The van der Waals surface area contributed by atoms with E-state index >= 15 is 0 Å². The molecule has 2 aromatic rings. The molecule has 1 fully saturated rings. The van der Waals surface area contributed by atoms with Gasteiger partial charge in [-0.15, -0.1) is 11.3 Å². The molecular weight excluding hydrogens is 266 g/mol. The molecular formula is C16H21N3S. The van der Waals surface area contributed by atoms with Gasteiger partial charge in [-0.2, -0.15) is 0 Å². The Kier molecular flexibility index (Phi) is 4.15. The van der Waals surface area contributed by atoms with Crippen molar-refractivity contribution in [3.8, 4) is 0 Å². The smallest absolute Gasteiger partial charge is 0.0798 e. The molecule has 1 saturated heterocycles. The summed E-state index contributed by atoms with van der Waals surface area (Å²) in [5.74, 6) is 0. The van der Waals surface area contributed by atoms with Crippen LogP contribution in [-0.2, 0) is 6.54 Å². The molecule has 1 atom stereocenters. The fraction of sp³-hybridized carbons (Fsp3) is 0.438. The van der Waals surface area contributed by atoms with Crippen LogP contribution >= 0.6 is 11.3 Å². The average molecular weight is 287 g/mol. The van der Waals surface area contributed by atoms with E-state index in [1.165, 1.54) is 16.1 Å². The highest BCUT2D eigenvalue weighted by Gasteiger charge is 2.25. The highest BCUT2D eigenvalue weighted by Crippen LogP contribution is 2.25. The number of nitrogens with zero attached hydrogens (tertiary/aromatic N) is 3. The molecule has 0 radical (unpaired) electrons. The third-order valence-corrected chi connectivity index (χ3v) is 5.05. The lowest BCUT2D eigenvalue weighted by molar-refractivity contribution is 0.0910. The molecule has 0 amide bonds. The molecule has 0 bridgehead atoms. The van der Waals surface area contributed by atoms with Crippen molar-refractivity contribution in [1.29, 1.82) is 0 Å². The molecule has 0 N–H and O–H groups in total. The van der Waals surface area contributed by atoms with E-state index in [0.717, 1.165) is 26.2 Å². The zero-order valence-electron chi connectivity index (χ0n) is 12.1. The lowest BCUT2D eigenvalue weighted by Gasteiger charge is -2.39. The minimum absolute atomic E-state index is 0.498. The molecule has 20 heavy (non-hydrogen) atoms. The largest absolute Gasteiger partial charge is 0.297 e. The summed E-state index contributed by atoms with van der Waals surface area (Å²) in [6.45, 7) is 6.50. The van der Waals surface area contributed by atoms with Crippen molar-refractivity contribution in [3.05, 3.63) is 52.0 Å². The molecule has 0 aliphatic carbocycles. The van der Waals surface area contributed by atoms with Gasteiger partial charge in [0, 0.05) is 37.1 Å². The second-order valence-corrected chi connectivity index (χ2v) is 6.44. The average Bonchev–Trinajstić information content (AvgIpc) is 2.87. The zero-order chi connectivity index (χ0) is 13.9. The van der Waals surface area contributed by atoms with E-state index in [-0.39, 0.29) is 0 Å². The third-order valence-electron chi connectivity index (χ3n) is 4.13. The topological polar surface area (TPSA) is 19.4 Å². The van der Waals surface area contributed by atoms with Crippen LogP contribution < -0.4 is 0 Å². The molecule has 106 valence electrons. The van der Waals surface area contributed by atoms with Gasteiger partial charge >= 0.3 is 0 Å². The van der Waals surface area contributed by atoms with Gasteiger partial charge in [0.05, 0.1) is 11.2 Å². The maximum Gasteiger partial charge on any atom is 0.0798 e. The number of likely N-dealkylation sites (N-methyl/N-ethyl adjacent to an activating group) is 1. The van der Waals surface area contributed by atoms with E-state index in [4.69, 9.17) is 0 Å². The Balaban J connectivity index is 1.72. The summed E-state index contributed by atoms with van der Waals surface area (Å²) in [7, 11) is 2.23. The van der Waals surface area contributed by atoms with Gasteiger partial charge in [0.1, 0.15) is 0 Å². The Morgan fingerprint density at radius 1 is 1.25 bits per heavy atom. The van der Waals surface area contributed by atoms with Crippen molar-refractivity contribution in [1.82, 2.24) is 14.8 Å². The van der Waals surface area contributed by atoms with E-state index in [9.17, 15) is 0 Å². The van der Waals surface area contributed by atoms with Crippen LogP contribution in [0.1, 0.15) is 22.2 Å². The highest BCUT2D eigenvalue weighted by atomic mass is 32.1. The predicted octanol–water partition coefficient (Wildman–Crippen LogP) is 2.94. The minimum Gasteiger partial charge on any atom is -0.297 e. The SMILES string of the molecule is Cc1ncsc1CN1CCN(C)[C@H](c2ccccc2)C1. The maximum absolute atomic E-state index is 4.36. The van der Waals surface area contributed by atoms with Crippen LogP contribution in [0.25, 0.3) is 0 Å². The van der Waals surface area contributed by atoms with E-state index in [1.54, 1.807) is 11.3 Å². The van der Waals surface area contributed by atoms with Gasteiger partial charge in [-0.25, -0.2) is 4.98 Å². The van der Waals surface area contributed by atoms with Crippen LogP contribution in [0.5, 0.6) is 0 Å². The lowest BCUT2D eigenvalue weighted by Crippen LogP contribution is -2.46. The van der Waals surface area contributed by atoms with E-state index in [0.29, 0.717) is 6.04 Å². The van der Waals surface area contributed by atoms with Crippen molar-refractivity contribution in [3.63, 3.8) is 0 Å². The molecule has 0 unspecified atom stereocenters. The van der Waals surface area contributed by atoms with Crippen LogP contribution in [0.4, 0.5) is 0 Å². The number of benzene rings is 1. The van der Waals surface area contributed by atoms with Gasteiger partial charge in [0.25, 0.3) is 0 Å². The first-order valence-electron chi connectivity index (χ1n) is 7.10. The highest BCUT2D eigenvalue weighted by molar-refractivity contribution is 7.09. The summed E-state index contributed by atoms with van der Waals surface area (Å²) in [6.07, 6.45) is 0. The molecule has 0 saturated carbocycles. The molecule has 0 spiro atoms. The summed E-state index contributed by atoms with van der Waals surface area (Å²) in [4.78, 5) is 10.8. The second kappa shape index (κ2) is 6.04. The summed E-state index contributed by atoms with van der Waals surface area (Å²) >= 11 is 1.77. The molecule has 1 aliphatic heterocycles. The normalized spacial score (nSPS) is 21.2. The number of aromatic nitrogens is 1. The number of hydrogen-bond acceptors (Lipinski definition) is 4. The monoisotopic (exact) mass is 287 g/mol. The van der Waals surface area contributed by atoms with E-state index in [1.807, 2.05) is 5.51 Å². The third kappa shape index (κ3) is 2.92. The van der Waals surface area contributed by atoms with Crippen molar-refractivity contribution in [2.24, 2.45) is 0 Å². The first-order valence-corrected chi connectivity index (χ1v) is 7.98. The Morgan fingerprint density at radius 2 is 2.05 bits per heavy atom. The van der Waals surface area contributed by atoms with Gasteiger partial charge in [-0.3, -0.25) is 9.80 Å². The van der Waals surface area contributed by atoms with Crippen molar-refractivity contribution >= 4 is 11.3 Å². The Hall–Kier alpha value is -1.23. The van der Waals surface area contributed by atoms with E-state index in [2.05, 4.69) is 59.1 Å². The summed E-state index contributed by atoms with van der Waals surface area (Å²) in [5.41, 5.74) is 4.56. The van der Waals surface area contributed by atoms with Gasteiger partial charge in [-0.05, 0) is 19.5 Å². The number of piperazine rings is 1. The fourth-order valence-electron chi connectivity index (χ4n) is 2.79. The molecule has 1 aliphatic rings. The maximum atomic E-state index is 4.36. The second-order valence-electron chi connectivity index (χ2n) is 5.50. The lowest BCUT2D eigenvalue weighted by atomic mass is 10.0. The van der Waals surface area contributed by atoms with Crippen LogP contribution in [0.15, 0.2) is 35.8 Å². The standard InChI is InChI=1S/C16H21N3S/c1-13-16(20-12-17-13)11-19-9-8-18(2)15(10-19)14-6-4-3-5-7-14/h3-7,12,15H,8-11H2,1-2H3/t15-/m0/s1. The quantitative estimate of drug-likeness (QED) is 0.865. The number of hydrogen-bond donors (Lipinski definition) is 0. The number of aryl methyl sites for hydroxylation is 1. The van der Waals surface area contributed by atoms with Crippen LogP contribution in [0.2, 0.25) is 0 Å². The molecule has 3 nitrogen and oxygen atoms in total. The summed E-state index contributed by atoms with van der Waals surface area (Å²) in [6, 6.07) is 11.3. The Morgan fingerprint density at radius 3 is 2.75 bits per heavy atom. The Bertz CT molecular complexity index is 552. The van der Waals surface area contributed by atoms with Crippen LogP contribution in [0.3, 0.4) is 0 Å². The minimum atomic E-state index is 0.498. The number of thiazole rings is 1. The van der Waals surface area contributed by atoms with Gasteiger partial charge in [-0.1, -0.05) is 30.3 Å². The van der Waals surface area contributed by atoms with E-state index < -0.39 is 0 Å². The first-order chi connectivity index (χ1) is 9.74. The summed E-state index contributed by atoms with van der Waals surface area (Å²) in [5, 5.41) is 0. The van der Waals surface area contributed by atoms with Gasteiger partial charge < -0.3 is 0 Å². The molecule has 4 heteroatoms. The van der Waals surface area contributed by atoms with Crippen LogP contribution in [0, 0.1) is 6.92 Å². The fourth-order valence-corrected chi connectivity index (χ4v) is 3.61. The van der Waals surface area contributed by atoms with Crippen molar-refractivity contribution in [2.75, 3.05) is 26.7 Å². The summed E-state index contributed by atoms with van der Waals surface area (Å²) < 4.78 is 0. The number of rotatable bonds is 3. The predicted molar refractivity (Wildman–Crippen MR) is 83.9 cm³/mol. The van der Waals surface area contributed by atoms with Gasteiger partial charge in [0.2, 0.25) is 0 Å². The van der Waals surface area contributed by atoms with Gasteiger partial charge in [0.15, 0.2) is 0 Å². The first kappa shape index (κ1) is 13.7. The van der Waals surface area contributed by atoms with Crippen molar-refractivity contribution < 1.29 is 0 Å². The van der Waals surface area contributed by atoms with Crippen molar-refractivity contribution in [2.45, 2.75) is 19.5 Å². The molecule has 1 aromatic heterocycles.